The molecule has 0 saturated heterocycles. The summed E-state index contributed by atoms with van der Waals surface area (Å²) >= 11 is 7.82. The van der Waals surface area contributed by atoms with Crippen LogP contribution in [0.4, 0.5) is 0 Å². The second-order valence-electron chi connectivity index (χ2n) is 5.88. The second-order valence-corrected chi connectivity index (χ2v) is 7.35. The summed E-state index contributed by atoms with van der Waals surface area (Å²) in [5.41, 5.74) is 0. The molecule has 1 nitrogen and oxygen atoms in total. The van der Waals surface area contributed by atoms with Gasteiger partial charge in [0.25, 0.3) is 0 Å². The molecule has 1 aliphatic rings. The van der Waals surface area contributed by atoms with Crippen molar-refractivity contribution in [3.63, 3.8) is 0 Å². The van der Waals surface area contributed by atoms with Crippen molar-refractivity contribution in [2.75, 3.05) is 5.75 Å². The predicted octanol–water partition coefficient (Wildman–Crippen LogP) is 5.40. The Hall–Kier alpha value is -0.180. The first-order chi connectivity index (χ1) is 9.70. The first-order valence-electron chi connectivity index (χ1n) is 7.76. The quantitative estimate of drug-likeness (QED) is 0.710. The van der Waals surface area contributed by atoms with Crippen LogP contribution in [0.5, 0.6) is 0 Å². The standard InChI is InChI=1S/C17H25ClOS/c1-2-5-13-8-10-14(11-9-13)16(19)12-20-17-7-4-3-6-15(17)18/h3-4,6-7,13-14,16,19H,2,5,8-12H2,1H3. The summed E-state index contributed by atoms with van der Waals surface area (Å²) in [4.78, 5) is 1.08. The van der Waals surface area contributed by atoms with Gasteiger partial charge >= 0.3 is 0 Å². The van der Waals surface area contributed by atoms with Gasteiger partial charge in [0.15, 0.2) is 0 Å². The Morgan fingerprint density at radius 1 is 1.25 bits per heavy atom. The van der Waals surface area contributed by atoms with Crippen molar-refractivity contribution in [3.05, 3.63) is 29.3 Å². The van der Waals surface area contributed by atoms with Crippen molar-refractivity contribution in [1.82, 2.24) is 0 Å². The molecule has 1 atom stereocenters. The molecule has 1 aromatic rings. The average Bonchev–Trinajstić information content (AvgIpc) is 2.47. The molecule has 20 heavy (non-hydrogen) atoms. The zero-order valence-electron chi connectivity index (χ0n) is 12.2. The van der Waals surface area contributed by atoms with E-state index in [1.165, 1.54) is 38.5 Å². The van der Waals surface area contributed by atoms with Gasteiger partial charge in [0.1, 0.15) is 0 Å². The number of thioether (sulfide) groups is 1. The van der Waals surface area contributed by atoms with Crippen molar-refractivity contribution >= 4 is 23.4 Å². The van der Waals surface area contributed by atoms with Crippen LogP contribution in [-0.4, -0.2) is 17.0 Å². The Morgan fingerprint density at radius 3 is 2.60 bits per heavy atom. The molecule has 1 unspecified atom stereocenters. The Balaban J connectivity index is 1.76. The molecule has 2 rings (SSSR count). The van der Waals surface area contributed by atoms with Crippen LogP contribution in [0.3, 0.4) is 0 Å². The van der Waals surface area contributed by atoms with Crippen molar-refractivity contribution in [3.8, 4) is 0 Å². The van der Waals surface area contributed by atoms with E-state index in [4.69, 9.17) is 11.6 Å². The van der Waals surface area contributed by atoms with Crippen LogP contribution in [0.1, 0.15) is 45.4 Å². The summed E-state index contributed by atoms with van der Waals surface area (Å²) in [5, 5.41) is 11.2. The molecule has 0 radical (unpaired) electrons. The molecule has 0 bridgehead atoms. The Morgan fingerprint density at radius 2 is 1.95 bits per heavy atom. The van der Waals surface area contributed by atoms with Crippen LogP contribution in [0.25, 0.3) is 0 Å². The third kappa shape index (κ3) is 4.68. The van der Waals surface area contributed by atoms with E-state index in [2.05, 4.69) is 6.92 Å². The van der Waals surface area contributed by atoms with Crippen LogP contribution in [0.15, 0.2) is 29.2 Å². The van der Waals surface area contributed by atoms with Gasteiger partial charge in [-0.2, -0.15) is 0 Å². The number of benzene rings is 1. The molecule has 1 aromatic carbocycles. The van der Waals surface area contributed by atoms with Gasteiger partial charge in [0, 0.05) is 10.6 Å². The number of hydrogen-bond acceptors (Lipinski definition) is 2. The lowest BCUT2D eigenvalue weighted by Crippen LogP contribution is -2.27. The number of rotatable bonds is 6. The normalized spacial score (nSPS) is 24.6. The Kier molecular flexibility index (Phi) is 6.73. The molecule has 0 aromatic heterocycles. The summed E-state index contributed by atoms with van der Waals surface area (Å²) < 4.78 is 0. The predicted molar refractivity (Wildman–Crippen MR) is 88.5 cm³/mol. The highest BCUT2D eigenvalue weighted by atomic mass is 35.5. The maximum Gasteiger partial charge on any atom is 0.0662 e. The van der Waals surface area contributed by atoms with Gasteiger partial charge in [0.05, 0.1) is 11.1 Å². The van der Waals surface area contributed by atoms with Gasteiger partial charge in [-0.1, -0.05) is 56.3 Å². The number of aliphatic hydroxyl groups is 1. The van der Waals surface area contributed by atoms with E-state index in [0.29, 0.717) is 5.92 Å². The zero-order valence-corrected chi connectivity index (χ0v) is 13.8. The van der Waals surface area contributed by atoms with E-state index < -0.39 is 0 Å². The lowest BCUT2D eigenvalue weighted by Gasteiger charge is -2.31. The molecular weight excluding hydrogens is 288 g/mol. The minimum Gasteiger partial charge on any atom is -0.392 e. The monoisotopic (exact) mass is 312 g/mol. The van der Waals surface area contributed by atoms with Crippen molar-refractivity contribution in [2.24, 2.45) is 11.8 Å². The van der Waals surface area contributed by atoms with Crippen molar-refractivity contribution in [2.45, 2.75) is 56.4 Å². The molecule has 112 valence electrons. The van der Waals surface area contributed by atoms with E-state index in [-0.39, 0.29) is 6.10 Å². The van der Waals surface area contributed by atoms with E-state index in [1.54, 1.807) is 11.8 Å². The minimum atomic E-state index is -0.196. The molecule has 0 heterocycles. The van der Waals surface area contributed by atoms with E-state index in [9.17, 15) is 5.11 Å². The maximum absolute atomic E-state index is 10.4. The Labute approximate surface area is 132 Å². The summed E-state index contributed by atoms with van der Waals surface area (Å²) in [6.45, 7) is 2.27. The highest BCUT2D eigenvalue weighted by molar-refractivity contribution is 7.99. The van der Waals surface area contributed by atoms with E-state index in [0.717, 1.165) is 21.6 Å². The van der Waals surface area contributed by atoms with Gasteiger partial charge in [-0.05, 0) is 36.8 Å². The van der Waals surface area contributed by atoms with Gasteiger partial charge in [-0.25, -0.2) is 0 Å². The van der Waals surface area contributed by atoms with E-state index in [1.807, 2.05) is 24.3 Å². The highest BCUT2D eigenvalue weighted by Gasteiger charge is 2.26. The maximum atomic E-state index is 10.4. The fourth-order valence-corrected chi connectivity index (χ4v) is 4.45. The number of halogens is 1. The fourth-order valence-electron chi connectivity index (χ4n) is 3.14. The third-order valence-corrected chi connectivity index (χ3v) is 6.00. The molecule has 1 fully saturated rings. The van der Waals surface area contributed by atoms with Crippen LogP contribution < -0.4 is 0 Å². The number of aliphatic hydroxyl groups excluding tert-OH is 1. The molecule has 1 N–H and O–H groups in total. The summed E-state index contributed by atoms with van der Waals surface area (Å²) in [5.74, 6) is 2.14. The fraction of sp³-hybridized carbons (Fsp3) is 0.647. The molecule has 0 aliphatic heterocycles. The van der Waals surface area contributed by atoms with Crippen LogP contribution >= 0.6 is 23.4 Å². The van der Waals surface area contributed by atoms with Gasteiger partial charge in [-0.15, -0.1) is 11.8 Å². The smallest absolute Gasteiger partial charge is 0.0662 e. The average molecular weight is 313 g/mol. The summed E-state index contributed by atoms with van der Waals surface area (Å²) in [6.07, 6.45) is 7.43. The first-order valence-corrected chi connectivity index (χ1v) is 9.12. The largest absolute Gasteiger partial charge is 0.392 e. The van der Waals surface area contributed by atoms with Gasteiger partial charge < -0.3 is 5.11 Å². The zero-order chi connectivity index (χ0) is 14.4. The van der Waals surface area contributed by atoms with Crippen LogP contribution in [-0.2, 0) is 0 Å². The number of hydrogen-bond donors (Lipinski definition) is 1. The lowest BCUT2D eigenvalue weighted by atomic mass is 9.78. The first kappa shape index (κ1) is 16.2. The molecule has 3 heteroatoms. The molecule has 0 amide bonds. The third-order valence-electron chi connectivity index (χ3n) is 4.38. The van der Waals surface area contributed by atoms with Gasteiger partial charge in [-0.3, -0.25) is 0 Å². The molecule has 1 saturated carbocycles. The lowest BCUT2D eigenvalue weighted by molar-refractivity contribution is 0.0907. The molecule has 0 spiro atoms. The highest BCUT2D eigenvalue weighted by Crippen LogP contribution is 2.35. The SMILES string of the molecule is CCCC1CCC(C(O)CSc2ccccc2Cl)CC1. The van der Waals surface area contributed by atoms with Gasteiger partial charge in [0.2, 0.25) is 0 Å². The second kappa shape index (κ2) is 8.31. The summed E-state index contributed by atoms with van der Waals surface area (Å²) in [7, 11) is 0. The molecular formula is C17H25ClOS. The minimum absolute atomic E-state index is 0.196. The van der Waals surface area contributed by atoms with Crippen molar-refractivity contribution < 1.29 is 5.11 Å². The Bertz CT molecular complexity index is 402. The van der Waals surface area contributed by atoms with Crippen LogP contribution in [0, 0.1) is 11.8 Å². The summed E-state index contributed by atoms with van der Waals surface area (Å²) in [6, 6.07) is 7.87. The van der Waals surface area contributed by atoms with Crippen molar-refractivity contribution in [1.29, 1.82) is 0 Å². The van der Waals surface area contributed by atoms with Crippen LogP contribution in [0.2, 0.25) is 5.02 Å². The topological polar surface area (TPSA) is 20.2 Å². The van der Waals surface area contributed by atoms with E-state index >= 15 is 0 Å². The molecule has 1 aliphatic carbocycles.